The molecule has 2 aromatic carbocycles. The van der Waals surface area contributed by atoms with E-state index in [0.717, 1.165) is 0 Å². The lowest BCUT2D eigenvalue weighted by atomic mass is 10.1. The second-order valence-corrected chi connectivity index (χ2v) is 5.71. The number of carbonyl (C=O) groups excluding carboxylic acids is 2. The zero-order chi connectivity index (χ0) is 18.4. The van der Waals surface area contributed by atoms with E-state index in [4.69, 9.17) is 21.1 Å². The fourth-order valence-electron chi connectivity index (χ4n) is 2.12. The highest BCUT2D eigenvalue weighted by molar-refractivity contribution is 6.31. The Morgan fingerprint density at radius 3 is 2.68 bits per heavy atom. The molecule has 1 amide bonds. The molecule has 5 nitrogen and oxygen atoms in total. The predicted octanol–water partition coefficient (Wildman–Crippen LogP) is 3.60. The monoisotopic (exact) mass is 365 g/mol. The molecule has 0 aliphatic heterocycles. The van der Waals surface area contributed by atoms with E-state index in [0.29, 0.717) is 22.0 Å². The minimum Gasteiger partial charge on any atom is -0.495 e. The number of benzene rings is 2. The van der Waals surface area contributed by atoms with Crippen LogP contribution in [0.3, 0.4) is 0 Å². The quantitative estimate of drug-likeness (QED) is 0.794. The maximum Gasteiger partial charge on any atom is 0.311 e. The molecule has 0 aliphatic rings. The Balaban J connectivity index is 1.96. The summed E-state index contributed by atoms with van der Waals surface area (Å²) in [5, 5.41) is 3.02. The molecule has 0 aliphatic carbocycles. The Kier molecular flexibility index (Phi) is 6.36. The van der Waals surface area contributed by atoms with Crippen LogP contribution in [0, 0.1) is 5.82 Å². The Morgan fingerprint density at radius 2 is 2.00 bits per heavy atom. The number of methoxy groups -OCH3 is 1. The number of esters is 1. The molecule has 0 unspecified atom stereocenters. The number of halogens is 2. The second-order valence-electron chi connectivity index (χ2n) is 5.27. The van der Waals surface area contributed by atoms with Crippen molar-refractivity contribution in [3.05, 3.63) is 58.9 Å². The first-order valence-corrected chi connectivity index (χ1v) is 7.85. The van der Waals surface area contributed by atoms with E-state index in [-0.39, 0.29) is 6.42 Å². The number of carbonyl (C=O) groups is 2. The van der Waals surface area contributed by atoms with Gasteiger partial charge in [-0.05, 0) is 42.8 Å². The number of hydrogen-bond donors (Lipinski definition) is 1. The molecule has 0 saturated carbocycles. The number of ether oxygens (including phenoxy) is 2. The van der Waals surface area contributed by atoms with Gasteiger partial charge in [-0.25, -0.2) is 4.39 Å². The van der Waals surface area contributed by atoms with Crippen molar-refractivity contribution in [2.24, 2.45) is 0 Å². The largest absolute Gasteiger partial charge is 0.495 e. The Morgan fingerprint density at radius 1 is 1.24 bits per heavy atom. The van der Waals surface area contributed by atoms with Gasteiger partial charge in [-0.3, -0.25) is 9.59 Å². The van der Waals surface area contributed by atoms with Gasteiger partial charge in [-0.2, -0.15) is 0 Å². The van der Waals surface area contributed by atoms with Crippen LogP contribution in [0.1, 0.15) is 12.5 Å². The highest BCUT2D eigenvalue weighted by Crippen LogP contribution is 2.27. The SMILES string of the molecule is COc1ccc(Cl)cc1NC(=O)[C@H](C)OC(=O)Cc1cccc(F)c1. The van der Waals surface area contributed by atoms with Gasteiger partial charge in [0.2, 0.25) is 0 Å². The number of nitrogens with one attached hydrogen (secondary N) is 1. The van der Waals surface area contributed by atoms with E-state index in [9.17, 15) is 14.0 Å². The fourth-order valence-corrected chi connectivity index (χ4v) is 2.29. The molecule has 0 heterocycles. The van der Waals surface area contributed by atoms with Crippen LogP contribution in [0.15, 0.2) is 42.5 Å². The molecule has 0 aromatic heterocycles. The van der Waals surface area contributed by atoms with Crippen molar-refractivity contribution in [2.45, 2.75) is 19.4 Å². The highest BCUT2D eigenvalue weighted by Gasteiger charge is 2.19. The number of amides is 1. The summed E-state index contributed by atoms with van der Waals surface area (Å²) in [6.45, 7) is 1.44. The smallest absolute Gasteiger partial charge is 0.311 e. The van der Waals surface area contributed by atoms with Crippen LogP contribution in [0.25, 0.3) is 0 Å². The van der Waals surface area contributed by atoms with E-state index in [1.165, 1.54) is 38.3 Å². The van der Waals surface area contributed by atoms with Gasteiger partial charge >= 0.3 is 5.97 Å². The lowest BCUT2D eigenvalue weighted by molar-refractivity contribution is -0.152. The molecule has 1 N–H and O–H groups in total. The summed E-state index contributed by atoms with van der Waals surface area (Å²) >= 11 is 5.90. The van der Waals surface area contributed by atoms with Crippen LogP contribution in [0.5, 0.6) is 5.75 Å². The molecule has 0 saturated heterocycles. The average molecular weight is 366 g/mol. The van der Waals surface area contributed by atoms with Gasteiger partial charge in [-0.15, -0.1) is 0 Å². The summed E-state index contributed by atoms with van der Waals surface area (Å²) < 4.78 is 23.3. The van der Waals surface area contributed by atoms with Crippen molar-refractivity contribution in [1.82, 2.24) is 0 Å². The van der Waals surface area contributed by atoms with E-state index >= 15 is 0 Å². The predicted molar refractivity (Wildman–Crippen MR) is 92.3 cm³/mol. The third-order valence-electron chi connectivity index (χ3n) is 3.33. The fraction of sp³-hybridized carbons (Fsp3) is 0.222. The molecule has 25 heavy (non-hydrogen) atoms. The molecular formula is C18H17ClFNO4. The molecule has 2 rings (SSSR count). The van der Waals surface area contributed by atoms with Crippen LogP contribution in [0.4, 0.5) is 10.1 Å². The summed E-state index contributed by atoms with van der Waals surface area (Å²) in [5.74, 6) is -1.18. The molecule has 0 bridgehead atoms. The molecule has 1 atom stereocenters. The van der Waals surface area contributed by atoms with E-state index in [1.807, 2.05) is 0 Å². The summed E-state index contributed by atoms with van der Waals surface area (Å²) in [7, 11) is 1.46. The maximum absolute atomic E-state index is 13.1. The zero-order valence-electron chi connectivity index (χ0n) is 13.7. The number of hydrogen-bond acceptors (Lipinski definition) is 4. The van der Waals surface area contributed by atoms with Crippen molar-refractivity contribution in [3.8, 4) is 5.75 Å². The van der Waals surface area contributed by atoms with Crippen LogP contribution in [0.2, 0.25) is 5.02 Å². The maximum atomic E-state index is 13.1. The molecule has 7 heteroatoms. The highest BCUT2D eigenvalue weighted by atomic mass is 35.5. The van der Waals surface area contributed by atoms with E-state index < -0.39 is 23.8 Å². The third-order valence-corrected chi connectivity index (χ3v) is 3.57. The van der Waals surface area contributed by atoms with Gasteiger partial charge in [0.1, 0.15) is 11.6 Å². The Labute approximate surface area is 149 Å². The first-order valence-electron chi connectivity index (χ1n) is 7.47. The van der Waals surface area contributed by atoms with Gasteiger partial charge in [0, 0.05) is 5.02 Å². The lowest BCUT2D eigenvalue weighted by Crippen LogP contribution is -2.30. The third kappa shape index (κ3) is 5.46. The number of anilines is 1. The topological polar surface area (TPSA) is 64.6 Å². The van der Waals surface area contributed by atoms with Crippen molar-refractivity contribution in [1.29, 1.82) is 0 Å². The normalized spacial score (nSPS) is 11.5. The Bertz CT molecular complexity index is 781. The minimum absolute atomic E-state index is 0.129. The first-order chi connectivity index (χ1) is 11.9. The van der Waals surface area contributed by atoms with Crippen LogP contribution >= 0.6 is 11.6 Å². The standard InChI is InChI=1S/C18H17ClFNO4/c1-11(25-17(22)9-12-4-3-5-14(20)8-12)18(23)21-15-10-13(19)6-7-16(15)24-2/h3-8,10-11H,9H2,1-2H3,(H,21,23)/t11-/m0/s1. The molecule has 0 spiro atoms. The van der Waals surface area contributed by atoms with E-state index in [2.05, 4.69) is 5.32 Å². The summed E-state index contributed by atoms with van der Waals surface area (Å²) in [6.07, 6.45) is -1.17. The molecule has 132 valence electrons. The van der Waals surface area contributed by atoms with Gasteiger partial charge < -0.3 is 14.8 Å². The molecule has 0 fully saturated rings. The van der Waals surface area contributed by atoms with Crippen LogP contribution in [-0.2, 0) is 20.7 Å². The van der Waals surface area contributed by atoms with Crippen molar-refractivity contribution in [3.63, 3.8) is 0 Å². The summed E-state index contributed by atoms with van der Waals surface area (Å²) in [6, 6.07) is 10.4. The van der Waals surface area contributed by atoms with Gasteiger partial charge in [0.15, 0.2) is 6.10 Å². The van der Waals surface area contributed by atoms with Crippen molar-refractivity contribution < 1.29 is 23.5 Å². The molecule has 2 aromatic rings. The van der Waals surface area contributed by atoms with Crippen molar-refractivity contribution in [2.75, 3.05) is 12.4 Å². The minimum atomic E-state index is -1.04. The lowest BCUT2D eigenvalue weighted by Gasteiger charge is -2.15. The molecule has 0 radical (unpaired) electrons. The van der Waals surface area contributed by atoms with Gasteiger partial charge in [0.05, 0.1) is 19.2 Å². The zero-order valence-corrected chi connectivity index (χ0v) is 14.5. The van der Waals surface area contributed by atoms with Crippen LogP contribution in [-0.4, -0.2) is 25.1 Å². The van der Waals surface area contributed by atoms with Gasteiger partial charge in [0.25, 0.3) is 5.91 Å². The summed E-state index contributed by atoms with van der Waals surface area (Å²) in [5.41, 5.74) is 0.835. The molecular weight excluding hydrogens is 349 g/mol. The number of rotatable bonds is 6. The average Bonchev–Trinajstić information content (AvgIpc) is 2.54. The van der Waals surface area contributed by atoms with Crippen molar-refractivity contribution >= 4 is 29.2 Å². The second kappa shape index (κ2) is 8.48. The van der Waals surface area contributed by atoms with Crippen LogP contribution < -0.4 is 10.1 Å². The summed E-state index contributed by atoms with van der Waals surface area (Å²) in [4.78, 5) is 24.1. The van der Waals surface area contributed by atoms with Gasteiger partial charge in [-0.1, -0.05) is 23.7 Å². The Hall–Kier alpha value is -2.60. The first kappa shape index (κ1) is 18.7. The van der Waals surface area contributed by atoms with E-state index in [1.54, 1.807) is 18.2 Å².